The minimum atomic E-state index is -4.74. The zero-order valence-corrected chi connectivity index (χ0v) is 16.8. The summed E-state index contributed by atoms with van der Waals surface area (Å²) in [6.07, 6.45) is -2.08. The van der Waals surface area contributed by atoms with Gasteiger partial charge in [0.1, 0.15) is 12.4 Å². The minimum Gasteiger partial charge on any atom is -0.366 e. The van der Waals surface area contributed by atoms with E-state index in [9.17, 15) is 22.4 Å². The average molecular weight is 450 g/mol. The number of hydrogen-bond acceptors (Lipinski definition) is 4. The van der Waals surface area contributed by atoms with Gasteiger partial charge in [-0.25, -0.2) is 9.37 Å². The van der Waals surface area contributed by atoms with Gasteiger partial charge in [-0.05, 0) is 19.1 Å². The van der Waals surface area contributed by atoms with Gasteiger partial charge >= 0.3 is 6.36 Å². The highest BCUT2D eigenvalue weighted by Crippen LogP contribution is 2.23. The van der Waals surface area contributed by atoms with Gasteiger partial charge in [0.15, 0.2) is 0 Å². The smallest absolute Gasteiger partial charge is 0.366 e. The number of imidazole rings is 1. The molecule has 6 nitrogen and oxygen atoms in total. The summed E-state index contributed by atoms with van der Waals surface area (Å²) in [6, 6.07) is 4.36. The molecule has 2 aromatic rings. The maximum Gasteiger partial charge on any atom is 0.522 e. The average Bonchev–Trinajstić information content (AvgIpc) is 3.16. The van der Waals surface area contributed by atoms with Crippen molar-refractivity contribution in [1.82, 2.24) is 14.9 Å². The first-order chi connectivity index (χ1) is 14.0. The quantitative estimate of drug-likeness (QED) is 0.550. The monoisotopic (exact) mass is 449 g/mol. The van der Waals surface area contributed by atoms with Gasteiger partial charge in [0.2, 0.25) is 5.91 Å². The Morgan fingerprint density at radius 2 is 2.13 bits per heavy atom. The van der Waals surface area contributed by atoms with E-state index in [4.69, 9.17) is 16.3 Å². The van der Waals surface area contributed by atoms with Crippen LogP contribution >= 0.6 is 11.6 Å². The molecule has 0 aliphatic rings. The molecule has 164 valence electrons. The standard InChI is InChI=1S/C19H20ClF4N3O3/c1-12(5-6-25-18(28)10-29-13(2)9-30-19(22,23)24)27-8-17(26-11-27)14-3-4-15(20)16(21)7-14/h3-4,7-8,11,13H,1,5-6,9-10H2,2H3,(H,25,28)/t13-/m0/s1. The molecule has 1 aromatic carbocycles. The number of aromatic nitrogens is 2. The number of carbonyl (C=O) groups excluding carboxylic acids is 1. The van der Waals surface area contributed by atoms with E-state index in [0.29, 0.717) is 23.4 Å². The van der Waals surface area contributed by atoms with E-state index in [1.165, 1.54) is 25.4 Å². The molecule has 0 bridgehead atoms. The second-order valence-electron chi connectivity index (χ2n) is 6.34. The molecule has 11 heteroatoms. The van der Waals surface area contributed by atoms with E-state index in [2.05, 4.69) is 21.6 Å². The van der Waals surface area contributed by atoms with Crippen molar-refractivity contribution in [2.45, 2.75) is 25.8 Å². The normalized spacial score (nSPS) is 12.6. The first kappa shape index (κ1) is 23.8. The van der Waals surface area contributed by atoms with Gasteiger partial charge in [0, 0.05) is 30.4 Å². The lowest BCUT2D eigenvalue weighted by Gasteiger charge is -2.14. The Bertz CT molecular complexity index is 886. The van der Waals surface area contributed by atoms with Crippen molar-refractivity contribution in [2.24, 2.45) is 0 Å². The van der Waals surface area contributed by atoms with E-state index >= 15 is 0 Å². The summed E-state index contributed by atoms with van der Waals surface area (Å²) in [5.74, 6) is -1.03. The van der Waals surface area contributed by atoms with Gasteiger partial charge in [0.25, 0.3) is 0 Å². The predicted octanol–water partition coefficient (Wildman–Crippen LogP) is 4.26. The molecule has 1 N–H and O–H groups in total. The third-order valence-electron chi connectivity index (χ3n) is 3.88. The molecule has 1 amide bonds. The molecule has 0 fully saturated rings. The molecular formula is C19H20ClF4N3O3. The number of rotatable bonds is 10. The number of alkyl halides is 3. The molecule has 0 aliphatic carbocycles. The Balaban J connectivity index is 1.74. The third-order valence-corrected chi connectivity index (χ3v) is 4.19. The molecule has 0 saturated heterocycles. The van der Waals surface area contributed by atoms with Crippen LogP contribution in [0.15, 0.2) is 37.3 Å². The van der Waals surface area contributed by atoms with E-state index in [1.807, 2.05) is 0 Å². The number of nitrogens with one attached hydrogen (secondary N) is 1. The Morgan fingerprint density at radius 1 is 1.40 bits per heavy atom. The molecule has 1 atom stereocenters. The predicted molar refractivity (Wildman–Crippen MR) is 103 cm³/mol. The molecule has 0 saturated carbocycles. The van der Waals surface area contributed by atoms with Crippen molar-refractivity contribution in [3.8, 4) is 11.3 Å². The molecule has 30 heavy (non-hydrogen) atoms. The molecule has 0 spiro atoms. The lowest BCUT2D eigenvalue weighted by atomic mass is 10.2. The molecule has 1 heterocycles. The van der Waals surface area contributed by atoms with Gasteiger partial charge in [-0.2, -0.15) is 0 Å². The Labute approximate surface area is 175 Å². The van der Waals surface area contributed by atoms with Gasteiger partial charge in [-0.15, -0.1) is 13.2 Å². The van der Waals surface area contributed by atoms with Crippen LogP contribution in [0.4, 0.5) is 17.6 Å². The summed E-state index contributed by atoms with van der Waals surface area (Å²) in [6.45, 7) is 4.41. The second kappa shape index (κ2) is 10.6. The topological polar surface area (TPSA) is 65.4 Å². The highest BCUT2D eigenvalue weighted by atomic mass is 35.5. The van der Waals surface area contributed by atoms with Crippen LogP contribution in [0.2, 0.25) is 5.02 Å². The highest BCUT2D eigenvalue weighted by molar-refractivity contribution is 6.30. The van der Waals surface area contributed by atoms with Crippen LogP contribution in [0, 0.1) is 5.82 Å². The van der Waals surface area contributed by atoms with Crippen LogP contribution in [0.1, 0.15) is 13.3 Å². The van der Waals surface area contributed by atoms with Gasteiger partial charge in [0.05, 0.1) is 29.8 Å². The fourth-order valence-corrected chi connectivity index (χ4v) is 2.42. The Hall–Kier alpha value is -2.43. The van der Waals surface area contributed by atoms with E-state index in [1.54, 1.807) is 16.8 Å². The Kier molecular flexibility index (Phi) is 8.39. The summed E-state index contributed by atoms with van der Waals surface area (Å²) in [5, 5.41) is 2.60. The van der Waals surface area contributed by atoms with Crippen LogP contribution in [-0.2, 0) is 14.3 Å². The van der Waals surface area contributed by atoms with Crippen LogP contribution in [0.3, 0.4) is 0 Å². The molecule has 1 aromatic heterocycles. The van der Waals surface area contributed by atoms with Crippen molar-refractivity contribution in [3.63, 3.8) is 0 Å². The fourth-order valence-electron chi connectivity index (χ4n) is 2.30. The van der Waals surface area contributed by atoms with Crippen LogP contribution < -0.4 is 5.32 Å². The minimum absolute atomic E-state index is 0.0181. The molecule has 2 rings (SSSR count). The second-order valence-corrected chi connectivity index (χ2v) is 6.75. The molecule has 0 radical (unpaired) electrons. The lowest BCUT2D eigenvalue weighted by molar-refractivity contribution is -0.330. The number of amides is 1. The third kappa shape index (κ3) is 7.77. The van der Waals surface area contributed by atoms with Gasteiger partial charge < -0.3 is 14.6 Å². The van der Waals surface area contributed by atoms with Gasteiger partial charge in [-0.3, -0.25) is 9.53 Å². The van der Waals surface area contributed by atoms with E-state index < -0.39 is 37.4 Å². The summed E-state index contributed by atoms with van der Waals surface area (Å²) in [4.78, 5) is 15.9. The molecule has 0 unspecified atom stereocenters. The zero-order chi connectivity index (χ0) is 22.3. The fraction of sp³-hybridized carbons (Fsp3) is 0.368. The zero-order valence-electron chi connectivity index (χ0n) is 16.0. The van der Waals surface area contributed by atoms with Crippen molar-refractivity contribution >= 4 is 23.2 Å². The van der Waals surface area contributed by atoms with Crippen molar-refractivity contribution in [1.29, 1.82) is 0 Å². The number of hydrogen-bond donors (Lipinski definition) is 1. The maximum atomic E-state index is 13.6. The SMILES string of the molecule is C=C(CCNC(=O)CO[C@@H](C)COC(F)(F)F)n1cnc(-c2ccc(Cl)c(F)c2)c1. The van der Waals surface area contributed by atoms with E-state index in [0.717, 1.165) is 0 Å². The first-order valence-electron chi connectivity index (χ1n) is 8.81. The number of carbonyl (C=O) groups is 1. The van der Waals surface area contributed by atoms with Crippen LogP contribution in [0.5, 0.6) is 0 Å². The van der Waals surface area contributed by atoms with Crippen LogP contribution in [-0.4, -0.2) is 47.7 Å². The largest absolute Gasteiger partial charge is 0.522 e. The Morgan fingerprint density at radius 3 is 2.80 bits per heavy atom. The first-order valence-corrected chi connectivity index (χ1v) is 9.19. The summed E-state index contributed by atoms with van der Waals surface area (Å²) < 4.78 is 59.7. The lowest BCUT2D eigenvalue weighted by Crippen LogP contribution is -2.32. The number of halogens is 5. The van der Waals surface area contributed by atoms with Gasteiger partial charge in [-0.1, -0.05) is 24.2 Å². The summed E-state index contributed by atoms with van der Waals surface area (Å²) in [5.41, 5.74) is 1.70. The number of ether oxygens (including phenoxy) is 2. The number of benzene rings is 1. The van der Waals surface area contributed by atoms with Crippen molar-refractivity contribution in [3.05, 3.63) is 48.1 Å². The summed E-state index contributed by atoms with van der Waals surface area (Å²) >= 11 is 5.67. The molecule has 0 aliphatic heterocycles. The van der Waals surface area contributed by atoms with Crippen molar-refractivity contribution in [2.75, 3.05) is 19.8 Å². The van der Waals surface area contributed by atoms with E-state index in [-0.39, 0.29) is 11.6 Å². The van der Waals surface area contributed by atoms with Crippen LogP contribution in [0.25, 0.3) is 17.0 Å². The molecular weight excluding hydrogens is 430 g/mol. The highest BCUT2D eigenvalue weighted by Gasteiger charge is 2.29. The maximum absolute atomic E-state index is 13.6. The number of nitrogens with zero attached hydrogens (tertiary/aromatic N) is 2. The summed E-state index contributed by atoms with van der Waals surface area (Å²) in [7, 11) is 0. The van der Waals surface area contributed by atoms with Crippen molar-refractivity contribution < 1.29 is 31.8 Å².